The molecule has 3 amide bonds. The molecule has 156 valence electrons. The van der Waals surface area contributed by atoms with Crippen molar-refractivity contribution < 1.29 is 23.4 Å². The number of urea groups is 1. The van der Waals surface area contributed by atoms with Gasteiger partial charge in [0.15, 0.2) is 5.78 Å². The number of hydrogen-bond acceptors (Lipinski definition) is 5. The van der Waals surface area contributed by atoms with Crippen molar-refractivity contribution in [3.63, 3.8) is 0 Å². The fourth-order valence-corrected chi connectivity index (χ4v) is 3.99. The van der Waals surface area contributed by atoms with Crippen LogP contribution in [-0.2, 0) is 11.3 Å². The number of nitrogens with zero attached hydrogens (tertiary/aromatic N) is 5. The molecule has 0 spiro atoms. The molecule has 0 saturated carbocycles. The zero-order chi connectivity index (χ0) is 21.7. The highest BCUT2D eigenvalue weighted by Crippen LogP contribution is 2.29. The minimum absolute atomic E-state index is 0.300. The van der Waals surface area contributed by atoms with Gasteiger partial charge in [-0.2, -0.15) is 0 Å². The highest BCUT2D eigenvalue weighted by Gasteiger charge is 2.53. The van der Waals surface area contributed by atoms with E-state index in [0.717, 1.165) is 16.4 Å². The zero-order valence-corrected chi connectivity index (χ0v) is 17.1. The molecule has 2 aliphatic heterocycles. The van der Waals surface area contributed by atoms with Crippen molar-refractivity contribution in [3.8, 4) is 0 Å². The van der Waals surface area contributed by atoms with Gasteiger partial charge in [-0.3, -0.25) is 19.4 Å². The third kappa shape index (κ3) is 2.97. The van der Waals surface area contributed by atoms with Crippen LogP contribution in [0.25, 0.3) is 0 Å². The first-order chi connectivity index (χ1) is 15.0. The van der Waals surface area contributed by atoms with Crippen LogP contribution in [0.2, 0.25) is 0 Å². The quantitative estimate of drug-likeness (QED) is 0.469. The molecule has 9 nitrogen and oxygen atoms in total. The number of amidine groups is 1. The van der Waals surface area contributed by atoms with Crippen LogP contribution in [0, 0.1) is 6.92 Å². The summed E-state index contributed by atoms with van der Waals surface area (Å²) in [5, 5.41) is 0. The number of aryl methyl sites for hydroxylation is 1. The van der Waals surface area contributed by atoms with E-state index < -0.39 is 18.0 Å². The van der Waals surface area contributed by atoms with Crippen LogP contribution in [0.5, 0.6) is 0 Å². The number of aliphatic imine (C=N–C) groups is 1. The maximum Gasteiger partial charge on any atom is 0.402 e. The topological polar surface area (TPSA) is 92.0 Å². The summed E-state index contributed by atoms with van der Waals surface area (Å²) in [6.07, 6.45) is 3.43. The summed E-state index contributed by atoms with van der Waals surface area (Å²) >= 11 is 0. The van der Waals surface area contributed by atoms with E-state index in [1.54, 1.807) is 48.2 Å². The fourth-order valence-electron chi connectivity index (χ4n) is 3.99. The third-order valence-corrected chi connectivity index (χ3v) is 5.61. The summed E-state index contributed by atoms with van der Waals surface area (Å²) in [5.74, 6) is 0.888. The first-order valence-electron chi connectivity index (χ1n) is 9.85. The van der Waals surface area contributed by atoms with Crippen LogP contribution in [0.1, 0.15) is 27.9 Å². The molecule has 5 rings (SSSR count). The van der Waals surface area contributed by atoms with E-state index in [0.29, 0.717) is 23.9 Å². The molecule has 1 atom stereocenters. The Morgan fingerprint density at radius 3 is 2.65 bits per heavy atom. The molecule has 1 unspecified atom stereocenters. The van der Waals surface area contributed by atoms with Crippen molar-refractivity contribution in [2.75, 3.05) is 13.6 Å². The van der Waals surface area contributed by atoms with E-state index in [-0.39, 0.29) is 12.3 Å². The molecule has 0 bridgehead atoms. The molecule has 1 saturated heterocycles. The summed E-state index contributed by atoms with van der Waals surface area (Å²) in [6.45, 7) is 2.05. The maximum absolute atomic E-state index is 13.3. The molecule has 0 radical (unpaired) electrons. The Labute approximate surface area is 177 Å². The third-order valence-electron chi connectivity index (χ3n) is 5.61. The van der Waals surface area contributed by atoms with Crippen LogP contribution < -0.4 is 4.57 Å². The van der Waals surface area contributed by atoms with Gasteiger partial charge in [0.05, 0.1) is 12.8 Å². The highest BCUT2D eigenvalue weighted by atomic mass is 16.3. The van der Waals surface area contributed by atoms with Gasteiger partial charge in [0.25, 0.3) is 5.91 Å². The number of fused-ring (bicyclic) bond motifs is 3. The lowest BCUT2D eigenvalue weighted by Gasteiger charge is -2.32. The summed E-state index contributed by atoms with van der Waals surface area (Å²) in [4.78, 5) is 45.8. The van der Waals surface area contributed by atoms with E-state index in [1.807, 2.05) is 29.8 Å². The van der Waals surface area contributed by atoms with Crippen molar-refractivity contribution in [2.24, 2.45) is 4.99 Å². The van der Waals surface area contributed by atoms with Crippen LogP contribution in [0.4, 0.5) is 10.7 Å². The number of hydrogen-bond donors (Lipinski definition) is 0. The minimum atomic E-state index is -0.794. The number of aromatic nitrogens is 2. The molecule has 0 N–H and O–H groups in total. The van der Waals surface area contributed by atoms with E-state index in [2.05, 4.69) is 4.99 Å². The number of Topliss-reactive ketones (excluding diaryl/α,β-unsaturated/α-hetero) is 1. The largest absolute Gasteiger partial charge is 0.466 e. The molecule has 9 heteroatoms. The molecule has 31 heavy (non-hydrogen) atoms. The standard InChI is InChI=1S/C22H20N5O4/c1-14-11-26-18-19(23-21(26)25(14)12-16-9-6-10-31-16)24(2)22(30)27(20(18)29)13-17(28)15-7-4-3-5-8-15/h3-11,18H,12-13H2,1-2H3/q+1. The smallest absolute Gasteiger partial charge is 0.402 e. The number of benzene rings is 1. The van der Waals surface area contributed by atoms with Gasteiger partial charge in [-0.25, -0.2) is 13.9 Å². The normalized spacial score (nSPS) is 17.6. The minimum Gasteiger partial charge on any atom is -0.466 e. The fraction of sp³-hybridized carbons (Fsp3) is 0.227. The van der Waals surface area contributed by atoms with Crippen LogP contribution in [0.15, 0.2) is 64.3 Å². The Bertz CT molecular complexity index is 1230. The number of carbonyl (C=O) groups excluding carboxylic acids is 3. The Balaban J connectivity index is 1.48. The van der Waals surface area contributed by atoms with Crippen molar-refractivity contribution in [1.82, 2.24) is 14.4 Å². The molecule has 3 aromatic rings. The maximum atomic E-state index is 13.3. The van der Waals surface area contributed by atoms with Crippen LogP contribution in [0.3, 0.4) is 0 Å². The number of rotatable bonds is 5. The molecule has 2 aliphatic rings. The Morgan fingerprint density at radius 2 is 1.94 bits per heavy atom. The van der Waals surface area contributed by atoms with E-state index in [9.17, 15) is 14.4 Å². The van der Waals surface area contributed by atoms with E-state index in [1.165, 1.54) is 4.90 Å². The number of likely N-dealkylation sites (N-methyl/N-ethyl adjacent to an activating group) is 1. The number of amides is 3. The first-order valence-corrected chi connectivity index (χ1v) is 9.85. The van der Waals surface area contributed by atoms with Gasteiger partial charge >= 0.3 is 12.0 Å². The lowest BCUT2D eigenvalue weighted by molar-refractivity contribution is -0.677. The van der Waals surface area contributed by atoms with E-state index in [4.69, 9.17) is 4.42 Å². The lowest BCUT2D eigenvalue weighted by Crippen LogP contribution is -2.63. The highest BCUT2D eigenvalue weighted by molar-refractivity contribution is 6.20. The summed E-state index contributed by atoms with van der Waals surface area (Å²) in [7, 11) is 1.57. The van der Waals surface area contributed by atoms with E-state index >= 15 is 0 Å². The van der Waals surface area contributed by atoms with Gasteiger partial charge in [-0.1, -0.05) is 35.3 Å². The van der Waals surface area contributed by atoms with Gasteiger partial charge in [-0.15, -0.1) is 0 Å². The second-order valence-electron chi connectivity index (χ2n) is 7.57. The van der Waals surface area contributed by atoms with Gasteiger partial charge in [0.1, 0.15) is 24.2 Å². The van der Waals surface area contributed by atoms with Crippen molar-refractivity contribution in [3.05, 3.63) is 71.9 Å². The van der Waals surface area contributed by atoms with Crippen LogP contribution in [-0.4, -0.2) is 51.5 Å². The Morgan fingerprint density at radius 1 is 1.16 bits per heavy atom. The molecule has 0 aliphatic carbocycles. The number of imidazole rings is 1. The summed E-state index contributed by atoms with van der Waals surface area (Å²) in [5.41, 5.74) is 1.35. The van der Waals surface area contributed by atoms with Gasteiger partial charge in [0, 0.05) is 12.6 Å². The number of imide groups is 1. The van der Waals surface area contributed by atoms with Gasteiger partial charge in [0.2, 0.25) is 11.9 Å². The molecule has 4 heterocycles. The van der Waals surface area contributed by atoms with Gasteiger partial charge in [-0.05, 0) is 19.1 Å². The molecular weight excluding hydrogens is 398 g/mol. The second-order valence-corrected chi connectivity index (χ2v) is 7.57. The summed E-state index contributed by atoms with van der Waals surface area (Å²) < 4.78 is 9.12. The van der Waals surface area contributed by atoms with Crippen LogP contribution >= 0.6 is 0 Å². The molecule has 1 aromatic carbocycles. The second kappa shape index (κ2) is 7.05. The van der Waals surface area contributed by atoms with Crippen molar-refractivity contribution in [2.45, 2.75) is 19.5 Å². The molecule has 1 fully saturated rings. The first kappa shape index (κ1) is 19.0. The Kier molecular flexibility index (Phi) is 4.32. The monoisotopic (exact) mass is 418 g/mol. The predicted molar refractivity (Wildman–Crippen MR) is 109 cm³/mol. The number of ketones is 1. The zero-order valence-electron chi connectivity index (χ0n) is 17.1. The lowest BCUT2D eigenvalue weighted by atomic mass is 10.1. The number of furan rings is 1. The summed E-state index contributed by atoms with van der Waals surface area (Å²) in [6, 6.07) is 10.9. The average molecular weight is 418 g/mol. The SMILES string of the molecule is Cc1c[n+]2c(n1Cc1ccco1)N=C1C2C(=O)N(CC(=O)c2ccccc2)C(=O)N1C. The average Bonchev–Trinajstić information content (AvgIpc) is 3.48. The number of carbonyl (C=O) groups is 3. The van der Waals surface area contributed by atoms with Gasteiger partial charge < -0.3 is 4.42 Å². The van der Waals surface area contributed by atoms with Crippen molar-refractivity contribution in [1.29, 1.82) is 0 Å². The molecule has 2 aromatic heterocycles. The van der Waals surface area contributed by atoms with Crippen molar-refractivity contribution >= 4 is 29.5 Å². The molecular formula is C22H20N5O4+. The Hall–Kier alpha value is -4.01. The predicted octanol–water partition coefficient (Wildman–Crippen LogP) is 2.09.